The predicted octanol–water partition coefficient (Wildman–Crippen LogP) is 4.25. The molecule has 1 atom stereocenters. The van der Waals surface area contributed by atoms with E-state index in [1.165, 1.54) is 0 Å². The third-order valence-electron chi connectivity index (χ3n) is 5.37. The van der Waals surface area contributed by atoms with E-state index in [1.54, 1.807) is 0 Å². The van der Waals surface area contributed by atoms with Crippen LogP contribution < -0.4 is 0 Å². The molecule has 0 aliphatic carbocycles. The Kier molecular flexibility index (Phi) is 5.35. The molecule has 0 spiro atoms. The zero-order valence-electron chi connectivity index (χ0n) is 16.4. The number of amides is 1. The van der Waals surface area contributed by atoms with Crippen LogP contribution in [-0.4, -0.2) is 46.8 Å². The minimum absolute atomic E-state index is 0.0317. The topological polar surface area (TPSA) is 55.3 Å². The molecule has 28 heavy (non-hydrogen) atoms. The number of ether oxygens (including phenoxy) is 1. The molecule has 0 radical (unpaired) electrons. The molecular weight excluding hydrogens is 350 g/mol. The van der Waals surface area contributed by atoms with Crippen molar-refractivity contribution in [3.63, 3.8) is 0 Å². The van der Waals surface area contributed by atoms with Gasteiger partial charge in [0, 0.05) is 41.6 Å². The van der Waals surface area contributed by atoms with E-state index in [1.807, 2.05) is 55.1 Å². The van der Waals surface area contributed by atoms with Crippen LogP contribution in [0.15, 0.2) is 48.5 Å². The maximum atomic E-state index is 13.1. The first-order valence-corrected chi connectivity index (χ1v) is 9.90. The predicted molar refractivity (Wildman–Crippen MR) is 110 cm³/mol. The minimum atomic E-state index is 0.0317. The zero-order valence-corrected chi connectivity index (χ0v) is 16.4. The number of fused-ring (bicyclic) bond motifs is 1. The second-order valence-electron chi connectivity index (χ2n) is 7.24. The van der Waals surface area contributed by atoms with Gasteiger partial charge in [-0.3, -0.25) is 4.79 Å². The molecule has 1 saturated heterocycles. The highest BCUT2D eigenvalue weighted by Crippen LogP contribution is 2.28. The molecule has 0 bridgehead atoms. The van der Waals surface area contributed by atoms with Crippen molar-refractivity contribution in [2.45, 2.75) is 32.8 Å². The maximum absolute atomic E-state index is 13.1. The second kappa shape index (κ2) is 8.07. The monoisotopic (exact) mass is 375 g/mol. The first-order chi connectivity index (χ1) is 13.7. The van der Waals surface area contributed by atoms with Crippen LogP contribution in [-0.2, 0) is 4.74 Å². The molecular formula is C23H25N3O2. The molecule has 5 heteroatoms. The second-order valence-corrected chi connectivity index (χ2v) is 7.24. The summed E-state index contributed by atoms with van der Waals surface area (Å²) in [5, 5.41) is 10.9. The Labute approximate surface area is 165 Å². The minimum Gasteiger partial charge on any atom is -0.376 e. The fourth-order valence-corrected chi connectivity index (χ4v) is 3.82. The van der Waals surface area contributed by atoms with E-state index in [2.05, 4.69) is 22.3 Å². The van der Waals surface area contributed by atoms with Gasteiger partial charge >= 0.3 is 0 Å². The summed E-state index contributed by atoms with van der Waals surface area (Å²) >= 11 is 0. The molecule has 2 aromatic carbocycles. The molecule has 144 valence electrons. The molecule has 4 rings (SSSR count). The van der Waals surface area contributed by atoms with Gasteiger partial charge in [0.1, 0.15) is 5.69 Å². The lowest BCUT2D eigenvalue weighted by Crippen LogP contribution is -2.37. The Morgan fingerprint density at radius 3 is 2.71 bits per heavy atom. The van der Waals surface area contributed by atoms with E-state index in [9.17, 15) is 4.79 Å². The van der Waals surface area contributed by atoms with Gasteiger partial charge in [-0.15, -0.1) is 5.10 Å². The molecule has 2 heterocycles. The van der Waals surface area contributed by atoms with Gasteiger partial charge in [0.05, 0.1) is 11.8 Å². The van der Waals surface area contributed by atoms with Crippen LogP contribution in [0.25, 0.3) is 22.0 Å². The van der Waals surface area contributed by atoms with Gasteiger partial charge in [-0.05, 0) is 38.8 Å². The van der Waals surface area contributed by atoms with E-state index >= 15 is 0 Å². The molecule has 3 aromatic rings. The molecule has 0 unspecified atom stereocenters. The van der Waals surface area contributed by atoms with E-state index in [4.69, 9.17) is 4.74 Å². The van der Waals surface area contributed by atoms with Crippen molar-refractivity contribution in [1.82, 2.24) is 15.1 Å². The van der Waals surface area contributed by atoms with Crippen molar-refractivity contribution in [3.05, 3.63) is 59.8 Å². The summed E-state index contributed by atoms with van der Waals surface area (Å²) in [6.07, 6.45) is 2.25. The molecule has 0 saturated carbocycles. The first-order valence-electron chi connectivity index (χ1n) is 9.90. The van der Waals surface area contributed by atoms with Crippen LogP contribution in [0.4, 0.5) is 0 Å². The van der Waals surface area contributed by atoms with Crippen molar-refractivity contribution in [2.24, 2.45) is 0 Å². The molecule has 1 fully saturated rings. The number of aryl methyl sites for hydroxylation is 1. The smallest absolute Gasteiger partial charge is 0.253 e. The molecule has 5 nitrogen and oxygen atoms in total. The van der Waals surface area contributed by atoms with Crippen LogP contribution in [0.3, 0.4) is 0 Å². The Hall–Kier alpha value is -2.79. The highest BCUT2D eigenvalue weighted by Gasteiger charge is 2.22. The van der Waals surface area contributed by atoms with Crippen molar-refractivity contribution in [2.75, 3.05) is 19.7 Å². The van der Waals surface area contributed by atoms with Gasteiger partial charge in [0.25, 0.3) is 5.91 Å². The molecule has 1 aliphatic heterocycles. The van der Waals surface area contributed by atoms with Gasteiger partial charge in [-0.25, -0.2) is 0 Å². The van der Waals surface area contributed by atoms with Crippen LogP contribution in [0.1, 0.15) is 35.8 Å². The van der Waals surface area contributed by atoms with Crippen molar-refractivity contribution in [3.8, 4) is 11.3 Å². The Balaban J connectivity index is 1.66. The van der Waals surface area contributed by atoms with Crippen molar-refractivity contribution < 1.29 is 9.53 Å². The largest absolute Gasteiger partial charge is 0.376 e. The van der Waals surface area contributed by atoms with Crippen LogP contribution >= 0.6 is 0 Å². The summed E-state index contributed by atoms with van der Waals surface area (Å²) in [5.74, 6) is 0.0317. The highest BCUT2D eigenvalue weighted by atomic mass is 16.5. The van der Waals surface area contributed by atoms with Gasteiger partial charge in [-0.1, -0.05) is 36.4 Å². The quantitative estimate of drug-likeness (QED) is 0.669. The van der Waals surface area contributed by atoms with E-state index < -0.39 is 0 Å². The Morgan fingerprint density at radius 2 is 1.96 bits per heavy atom. The number of carbonyl (C=O) groups excluding carboxylic acids is 1. The summed E-state index contributed by atoms with van der Waals surface area (Å²) in [4.78, 5) is 15.0. The van der Waals surface area contributed by atoms with E-state index in [0.717, 1.165) is 47.2 Å². The fourth-order valence-electron chi connectivity index (χ4n) is 3.82. The highest BCUT2D eigenvalue weighted by molar-refractivity contribution is 5.98. The van der Waals surface area contributed by atoms with Crippen molar-refractivity contribution in [1.29, 1.82) is 0 Å². The number of benzene rings is 2. The number of hydrogen-bond donors (Lipinski definition) is 0. The number of nitrogens with zero attached hydrogens (tertiary/aromatic N) is 3. The Bertz CT molecular complexity index is 996. The van der Waals surface area contributed by atoms with Crippen LogP contribution in [0.2, 0.25) is 0 Å². The lowest BCUT2D eigenvalue weighted by molar-refractivity contribution is 0.0539. The normalized spacial score (nSPS) is 16.4. The fraction of sp³-hybridized carbons (Fsp3) is 0.348. The summed E-state index contributed by atoms with van der Waals surface area (Å²) in [6, 6.07) is 15.8. The lowest BCUT2D eigenvalue weighted by Gasteiger charge is -2.24. The van der Waals surface area contributed by atoms with E-state index in [-0.39, 0.29) is 12.0 Å². The van der Waals surface area contributed by atoms with E-state index in [0.29, 0.717) is 18.7 Å². The molecule has 0 N–H and O–H groups in total. The average Bonchev–Trinajstić information content (AvgIpc) is 3.25. The molecule has 1 aliphatic rings. The number of likely N-dealkylation sites (N-methyl/N-ethyl adjacent to an activating group) is 1. The standard InChI is InChI=1S/C23H25N3O2/c1-3-26(15-19-10-7-13-28-19)23(27)18-9-6-8-17(14-18)22-21-12-5-4-11-20(21)16(2)24-25-22/h4-6,8-9,11-12,14,19H,3,7,10,13,15H2,1-2H3/t19-/m0/s1. The number of hydrogen-bond acceptors (Lipinski definition) is 4. The van der Waals surface area contributed by atoms with Gasteiger partial charge in [0.15, 0.2) is 0 Å². The lowest BCUT2D eigenvalue weighted by atomic mass is 10.0. The Morgan fingerprint density at radius 1 is 1.14 bits per heavy atom. The number of carbonyl (C=O) groups is 1. The zero-order chi connectivity index (χ0) is 19.5. The van der Waals surface area contributed by atoms with Crippen LogP contribution in [0, 0.1) is 6.92 Å². The first kappa shape index (κ1) is 18.6. The third kappa shape index (κ3) is 3.62. The summed E-state index contributed by atoms with van der Waals surface area (Å²) in [5.41, 5.74) is 3.28. The summed E-state index contributed by atoms with van der Waals surface area (Å²) in [6.45, 7) is 6.08. The average molecular weight is 375 g/mol. The number of rotatable bonds is 5. The van der Waals surface area contributed by atoms with Gasteiger partial charge in [0.2, 0.25) is 0 Å². The van der Waals surface area contributed by atoms with Crippen molar-refractivity contribution >= 4 is 16.7 Å². The molecule has 1 amide bonds. The number of aromatic nitrogens is 2. The summed E-state index contributed by atoms with van der Waals surface area (Å²) in [7, 11) is 0. The third-order valence-corrected chi connectivity index (χ3v) is 5.37. The van der Waals surface area contributed by atoms with Crippen LogP contribution in [0.5, 0.6) is 0 Å². The SMILES string of the molecule is CCN(C[C@@H]1CCCO1)C(=O)c1cccc(-c2nnc(C)c3ccccc23)c1. The summed E-state index contributed by atoms with van der Waals surface area (Å²) < 4.78 is 5.71. The maximum Gasteiger partial charge on any atom is 0.253 e. The van der Waals surface area contributed by atoms with Gasteiger partial charge in [-0.2, -0.15) is 5.10 Å². The molecule has 1 aromatic heterocycles. The van der Waals surface area contributed by atoms with Gasteiger partial charge < -0.3 is 9.64 Å².